The predicted octanol–water partition coefficient (Wildman–Crippen LogP) is 10.3. The van der Waals surface area contributed by atoms with Gasteiger partial charge in [-0.15, -0.1) is 0 Å². The molecule has 0 aliphatic heterocycles. The second kappa shape index (κ2) is 35.0. The summed E-state index contributed by atoms with van der Waals surface area (Å²) in [5.74, 6) is -0.720. The van der Waals surface area contributed by atoms with Crippen molar-refractivity contribution in [3.63, 3.8) is 0 Å². The van der Waals surface area contributed by atoms with Gasteiger partial charge in [0, 0.05) is 12.8 Å². The summed E-state index contributed by atoms with van der Waals surface area (Å²) in [5.41, 5.74) is 0. The summed E-state index contributed by atoms with van der Waals surface area (Å²) in [4.78, 5) is 24.1. The van der Waals surface area contributed by atoms with Gasteiger partial charge in [0.15, 0.2) is 6.10 Å². The SMILES string of the molecule is CC/C=C/C=C/C=C/C=C/C=C/CCCC(=O)OCC(CO)OC(=O)CCCCCCC/C=C/C=C/C=C/C=C/CCCCC. The number of carbonyl (C=O) groups excluding carboxylic acids is 2. The van der Waals surface area contributed by atoms with Crippen LogP contribution in [0.4, 0.5) is 0 Å². The lowest BCUT2D eigenvalue weighted by molar-refractivity contribution is -0.161. The Hall–Kier alpha value is -3.44. The number of aliphatic hydroxyl groups is 1. The number of allylic oxidation sites excluding steroid dienone is 18. The van der Waals surface area contributed by atoms with Crippen LogP contribution in [-0.4, -0.2) is 36.4 Å². The van der Waals surface area contributed by atoms with Crippen LogP contribution in [0.25, 0.3) is 0 Å². The fourth-order valence-electron chi connectivity index (χ4n) is 3.95. The molecule has 1 unspecified atom stereocenters. The van der Waals surface area contributed by atoms with Gasteiger partial charge in [0.2, 0.25) is 0 Å². The molecular formula is C40H60O5. The third-order valence-corrected chi connectivity index (χ3v) is 6.52. The number of esters is 2. The van der Waals surface area contributed by atoms with E-state index in [-0.39, 0.29) is 31.6 Å². The summed E-state index contributed by atoms with van der Waals surface area (Å²) in [7, 11) is 0. The lowest BCUT2D eigenvalue weighted by Crippen LogP contribution is -2.28. The molecule has 5 heteroatoms. The van der Waals surface area contributed by atoms with Crippen molar-refractivity contribution in [2.75, 3.05) is 13.2 Å². The second-order valence-corrected chi connectivity index (χ2v) is 10.7. The number of hydrogen-bond donors (Lipinski definition) is 1. The zero-order valence-corrected chi connectivity index (χ0v) is 28.1. The van der Waals surface area contributed by atoms with Gasteiger partial charge in [-0.2, -0.15) is 0 Å². The zero-order chi connectivity index (χ0) is 32.9. The number of carbonyl (C=O) groups is 2. The van der Waals surface area contributed by atoms with Gasteiger partial charge in [0.05, 0.1) is 6.61 Å². The lowest BCUT2D eigenvalue weighted by atomic mass is 10.1. The largest absolute Gasteiger partial charge is 0.462 e. The van der Waals surface area contributed by atoms with Crippen molar-refractivity contribution in [3.05, 3.63) is 109 Å². The molecule has 0 fully saturated rings. The van der Waals surface area contributed by atoms with Crippen molar-refractivity contribution >= 4 is 11.9 Å². The first-order valence-electron chi connectivity index (χ1n) is 17.1. The molecule has 0 rings (SSSR count). The van der Waals surface area contributed by atoms with Gasteiger partial charge in [0.1, 0.15) is 6.61 Å². The van der Waals surface area contributed by atoms with Crippen LogP contribution in [-0.2, 0) is 19.1 Å². The first kappa shape index (κ1) is 41.6. The van der Waals surface area contributed by atoms with Crippen LogP contribution in [0.1, 0.15) is 110 Å². The summed E-state index contributed by atoms with van der Waals surface area (Å²) in [6.45, 7) is 3.83. The van der Waals surface area contributed by atoms with Gasteiger partial charge in [-0.3, -0.25) is 9.59 Å². The first-order valence-corrected chi connectivity index (χ1v) is 17.1. The Bertz CT molecular complexity index is 975. The predicted molar refractivity (Wildman–Crippen MR) is 191 cm³/mol. The maximum atomic E-state index is 12.1. The molecule has 250 valence electrons. The number of rotatable bonds is 28. The fraction of sp³-hybridized carbons (Fsp3) is 0.500. The highest BCUT2D eigenvalue weighted by molar-refractivity contribution is 5.70. The molecule has 0 aliphatic carbocycles. The number of aliphatic hydroxyl groups excluding tert-OH is 1. The van der Waals surface area contributed by atoms with Crippen LogP contribution in [0, 0.1) is 0 Å². The van der Waals surface area contributed by atoms with Crippen molar-refractivity contribution in [1.82, 2.24) is 0 Å². The van der Waals surface area contributed by atoms with Gasteiger partial charge in [0.25, 0.3) is 0 Å². The molecule has 0 aromatic rings. The summed E-state index contributed by atoms with van der Waals surface area (Å²) in [6, 6.07) is 0. The van der Waals surface area contributed by atoms with Gasteiger partial charge in [-0.25, -0.2) is 0 Å². The second-order valence-electron chi connectivity index (χ2n) is 10.7. The van der Waals surface area contributed by atoms with E-state index in [1.807, 2.05) is 60.8 Å². The number of unbranched alkanes of at least 4 members (excludes halogenated alkanes) is 9. The molecule has 0 radical (unpaired) electrons. The average molecular weight is 621 g/mol. The van der Waals surface area contributed by atoms with Crippen LogP contribution in [0.5, 0.6) is 0 Å². The van der Waals surface area contributed by atoms with Crippen LogP contribution >= 0.6 is 0 Å². The van der Waals surface area contributed by atoms with E-state index in [0.29, 0.717) is 12.8 Å². The van der Waals surface area contributed by atoms with Gasteiger partial charge < -0.3 is 14.6 Å². The summed E-state index contributed by atoms with van der Waals surface area (Å²) < 4.78 is 10.5. The van der Waals surface area contributed by atoms with Crippen molar-refractivity contribution in [1.29, 1.82) is 0 Å². The Morgan fingerprint density at radius 2 is 0.978 bits per heavy atom. The summed E-state index contributed by atoms with van der Waals surface area (Å²) >= 11 is 0. The molecule has 0 bridgehead atoms. The summed E-state index contributed by atoms with van der Waals surface area (Å²) in [6.07, 6.45) is 50.0. The highest BCUT2D eigenvalue weighted by atomic mass is 16.6. The molecule has 5 nitrogen and oxygen atoms in total. The van der Waals surface area contributed by atoms with Crippen molar-refractivity contribution in [3.8, 4) is 0 Å². The molecule has 0 saturated carbocycles. The molecule has 0 amide bonds. The number of ether oxygens (including phenoxy) is 2. The Labute approximate surface area is 274 Å². The van der Waals surface area contributed by atoms with E-state index in [4.69, 9.17) is 9.47 Å². The van der Waals surface area contributed by atoms with E-state index >= 15 is 0 Å². The normalized spacial score (nSPS) is 13.6. The van der Waals surface area contributed by atoms with Crippen LogP contribution in [0.3, 0.4) is 0 Å². The maximum Gasteiger partial charge on any atom is 0.306 e. The van der Waals surface area contributed by atoms with Crippen LogP contribution < -0.4 is 0 Å². The molecule has 1 N–H and O–H groups in total. The Kier molecular flexibility index (Phi) is 32.4. The topological polar surface area (TPSA) is 72.8 Å². The summed E-state index contributed by atoms with van der Waals surface area (Å²) in [5, 5.41) is 9.50. The van der Waals surface area contributed by atoms with Crippen molar-refractivity contribution in [2.45, 2.75) is 116 Å². The Balaban J connectivity index is 3.81. The van der Waals surface area contributed by atoms with E-state index in [0.717, 1.165) is 57.8 Å². The van der Waals surface area contributed by atoms with E-state index in [1.165, 1.54) is 19.3 Å². The smallest absolute Gasteiger partial charge is 0.306 e. The van der Waals surface area contributed by atoms with Gasteiger partial charge in [-0.1, -0.05) is 155 Å². The molecule has 1 atom stereocenters. The number of hydrogen-bond acceptors (Lipinski definition) is 5. The van der Waals surface area contributed by atoms with Crippen LogP contribution in [0.2, 0.25) is 0 Å². The monoisotopic (exact) mass is 620 g/mol. The lowest BCUT2D eigenvalue weighted by Gasteiger charge is -2.15. The maximum absolute atomic E-state index is 12.1. The van der Waals surface area contributed by atoms with E-state index in [9.17, 15) is 14.7 Å². The highest BCUT2D eigenvalue weighted by Gasteiger charge is 2.15. The standard InChI is InChI=1S/C40H60O5/c1-3-5-7-9-11-13-15-17-18-19-20-21-23-25-27-29-31-33-35-40(43)45-38(36-41)37-44-39(42)34-32-30-28-26-24-22-16-14-12-10-8-6-4-2/h6,8,10-22,24,26,28,38,41H,3-5,7,9,23,25,27,29-37H2,1-2H3/b8-6+,12-10+,13-11+,16-14+,17-15+,19-18+,21-20+,24-22+,28-26+. The molecule has 0 spiro atoms. The minimum atomic E-state index is -0.819. The minimum absolute atomic E-state index is 0.121. The molecule has 45 heavy (non-hydrogen) atoms. The third kappa shape index (κ3) is 33.3. The molecule has 0 aromatic heterocycles. The van der Waals surface area contributed by atoms with Crippen LogP contribution in [0.15, 0.2) is 109 Å². The minimum Gasteiger partial charge on any atom is -0.462 e. The highest BCUT2D eigenvalue weighted by Crippen LogP contribution is 2.09. The molecular weight excluding hydrogens is 560 g/mol. The van der Waals surface area contributed by atoms with E-state index < -0.39 is 6.10 Å². The van der Waals surface area contributed by atoms with Gasteiger partial charge >= 0.3 is 11.9 Å². The van der Waals surface area contributed by atoms with E-state index in [1.54, 1.807) is 0 Å². The van der Waals surface area contributed by atoms with Crippen molar-refractivity contribution < 1.29 is 24.2 Å². The molecule has 0 heterocycles. The van der Waals surface area contributed by atoms with E-state index in [2.05, 4.69) is 62.5 Å². The Morgan fingerprint density at radius 1 is 0.533 bits per heavy atom. The fourth-order valence-corrected chi connectivity index (χ4v) is 3.95. The quantitative estimate of drug-likeness (QED) is 0.0535. The molecule has 0 saturated heterocycles. The first-order chi connectivity index (χ1) is 22.1. The Morgan fingerprint density at radius 3 is 1.51 bits per heavy atom. The molecule has 0 aliphatic rings. The molecule has 0 aromatic carbocycles. The van der Waals surface area contributed by atoms with Crippen molar-refractivity contribution in [2.24, 2.45) is 0 Å². The average Bonchev–Trinajstić information content (AvgIpc) is 3.04. The van der Waals surface area contributed by atoms with Gasteiger partial charge in [-0.05, 0) is 51.4 Å². The third-order valence-electron chi connectivity index (χ3n) is 6.52. The zero-order valence-electron chi connectivity index (χ0n) is 28.1.